The summed E-state index contributed by atoms with van der Waals surface area (Å²) < 4.78 is 5.53. The van der Waals surface area contributed by atoms with Crippen molar-refractivity contribution in [2.75, 3.05) is 12.4 Å². The van der Waals surface area contributed by atoms with E-state index in [1.807, 2.05) is 18.2 Å². The van der Waals surface area contributed by atoms with Crippen molar-refractivity contribution < 1.29 is 19.5 Å². The first-order valence-corrected chi connectivity index (χ1v) is 9.99. The number of amides is 2. The predicted octanol–water partition coefficient (Wildman–Crippen LogP) is 4.04. The topological polar surface area (TPSA) is 87.7 Å². The lowest BCUT2D eigenvalue weighted by Gasteiger charge is -2.11. The van der Waals surface area contributed by atoms with Gasteiger partial charge in [-0.3, -0.25) is 14.8 Å². The van der Waals surface area contributed by atoms with E-state index in [1.54, 1.807) is 36.1 Å². The largest absolute Gasteiger partial charge is 0.496 e. The lowest BCUT2D eigenvalue weighted by Crippen LogP contribution is -2.18. The van der Waals surface area contributed by atoms with Crippen molar-refractivity contribution in [3.63, 3.8) is 0 Å². The Morgan fingerprint density at radius 3 is 2.55 bits per heavy atom. The van der Waals surface area contributed by atoms with Crippen LogP contribution in [-0.4, -0.2) is 24.1 Å². The number of carbonyl (C=O) groups excluding carboxylic acids is 2. The monoisotopic (exact) mass is 410 g/mol. The average molecular weight is 410 g/mol. The lowest BCUT2D eigenvalue weighted by atomic mass is 10.0. The zero-order valence-corrected chi connectivity index (χ0v) is 16.8. The molecule has 6 nitrogen and oxygen atoms in total. The first kappa shape index (κ1) is 20.6. The summed E-state index contributed by atoms with van der Waals surface area (Å²) >= 11 is 1.72. The molecule has 0 saturated heterocycles. The number of methoxy groups -OCH3 is 1. The van der Waals surface area contributed by atoms with Crippen molar-refractivity contribution >= 4 is 28.8 Å². The standard InChI is InChI=1S/C22H22N2O4S/c1-28-20-13-15(4-6-17(20)14-19-3-2-12-29-19)5-11-21(25)23-18-9-7-16(8-10-18)22(26)24-27/h2-4,6-10,12-13,27H,5,11,14H2,1H3,(H,23,25)(H,24,26). The summed E-state index contributed by atoms with van der Waals surface area (Å²) in [6, 6.07) is 16.5. The highest BCUT2D eigenvalue weighted by Crippen LogP contribution is 2.25. The highest BCUT2D eigenvalue weighted by molar-refractivity contribution is 7.09. The van der Waals surface area contributed by atoms with Crippen molar-refractivity contribution in [2.24, 2.45) is 0 Å². The van der Waals surface area contributed by atoms with Gasteiger partial charge >= 0.3 is 0 Å². The van der Waals surface area contributed by atoms with Gasteiger partial charge in [0.15, 0.2) is 0 Å². The van der Waals surface area contributed by atoms with Crippen LogP contribution in [0.4, 0.5) is 5.69 Å². The van der Waals surface area contributed by atoms with Crippen LogP contribution in [0.5, 0.6) is 5.75 Å². The lowest BCUT2D eigenvalue weighted by molar-refractivity contribution is -0.116. The Hall–Kier alpha value is -3.16. The number of hydroxylamine groups is 1. The molecular formula is C22H22N2O4S. The van der Waals surface area contributed by atoms with Gasteiger partial charge in [0, 0.05) is 29.0 Å². The van der Waals surface area contributed by atoms with Crippen molar-refractivity contribution in [3.05, 3.63) is 81.5 Å². The number of nitrogens with one attached hydrogen (secondary N) is 2. The van der Waals surface area contributed by atoms with E-state index in [0.717, 1.165) is 23.3 Å². The molecule has 0 unspecified atom stereocenters. The minimum absolute atomic E-state index is 0.119. The molecule has 7 heteroatoms. The molecular weight excluding hydrogens is 388 g/mol. The first-order chi connectivity index (χ1) is 14.1. The summed E-state index contributed by atoms with van der Waals surface area (Å²) in [7, 11) is 1.66. The molecule has 0 aliphatic carbocycles. The molecule has 0 spiro atoms. The SMILES string of the molecule is COc1cc(CCC(=O)Nc2ccc(C(=O)NO)cc2)ccc1Cc1cccs1. The molecule has 0 aliphatic heterocycles. The van der Waals surface area contributed by atoms with E-state index in [4.69, 9.17) is 9.94 Å². The maximum absolute atomic E-state index is 12.2. The van der Waals surface area contributed by atoms with Gasteiger partial charge in [0.25, 0.3) is 5.91 Å². The van der Waals surface area contributed by atoms with Crippen molar-refractivity contribution in [3.8, 4) is 5.75 Å². The van der Waals surface area contributed by atoms with Crippen LogP contribution in [0.2, 0.25) is 0 Å². The first-order valence-electron chi connectivity index (χ1n) is 9.11. The zero-order chi connectivity index (χ0) is 20.6. The summed E-state index contributed by atoms with van der Waals surface area (Å²) in [6.07, 6.45) is 1.74. The van der Waals surface area contributed by atoms with Crippen molar-refractivity contribution in [1.82, 2.24) is 5.48 Å². The average Bonchev–Trinajstić information content (AvgIpc) is 3.26. The molecule has 0 radical (unpaired) electrons. The van der Waals surface area contributed by atoms with E-state index >= 15 is 0 Å². The van der Waals surface area contributed by atoms with E-state index in [0.29, 0.717) is 24.1 Å². The zero-order valence-electron chi connectivity index (χ0n) is 16.0. The molecule has 3 aromatic rings. The van der Waals surface area contributed by atoms with Crippen LogP contribution in [0, 0.1) is 0 Å². The minimum atomic E-state index is -0.598. The highest BCUT2D eigenvalue weighted by Gasteiger charge is 2.09. The number of anilines is 1. The molecule has 0 aliphatic rings. The van der Waals surface area contributed by atoms with Crippen LogP contribution < -0.4 is 15.5 Å². The molecule has 0 saturated carbocycles. The van der Waals surface area contributed by atoms with Crippen LogP contribution in [-0.2, 0) is 17.6 Å². The summed E-state index contributed by atoms with van der Waals surface area (Å²) in [5.41, 5.74) is 4.62. The Balaban J connectivity index is 1.56. The van der Waals surface area contributed by atoms with Crippen LogP contribution >= 0.6 is 11.3 Å². The fourth-order valence-electron chi connectivity index (χ4n) is 2.94. The van der Waals surface area contributed by atoms with Crippen LogP contribution in [0.25, 0.3) is 0 Å². The minimum Gasteiger partial charge on any atom is -0.496 e. The smallest absolute Gasteiger partial charge is 0.274 e. The van der Waals surface area contributed by atoms with Gasteiger partial charge in [0.2, 0.25) is 5.91 Å². The Morgan fingerprint density at radius 1 is 1.10 bits per heavy atom. The third-order valence-electron chi connectivity index (χ3n) is 4.47. The molecule has 2 amide bonds. The number of rotatable bonds is 8. The highest BCUT2D eigenvalue weighted by atomic mass is 32.1. The third kappa shape index (κ3) is 5.66. The van der Waals surface area contributed by atoms with Gasteiger partial charge in [-0.2, -0.15) is 0 Å². The van der Waals surface area contributed by atoms with Crippen LogP contribution in [0.15, 0.2) is 60.0 Å². The second-order valence-corrected chi connectivity index (χ2v) is 7.50. The molecule has 3 N–H and O–H groups in total. The molecule has 2 aromatic carbocycles. The fraction of sp³-hybridized carbons (Fsp3) is 0.182. The number of ether oxygens (including phenoxy) is 1. The maximum atomic E-state index is 12.2. The second kappa shape index (κ2) is 9.86. The number of aryl methyl sites for hydroxylation is 1. The van der Waals surface area contributed by atoms with Gasteiger partial charge in [-0.05, 0) is 59.3 Å². The van der Waals surface area contributed by atoms with E-state index in [2.05, 4.69) is 22.8 Å². The van der Waals surface area contributed by atoms with E-state index in [1.165, 1.54) is 17.0 Å². The molecule has 3 rings (SSSR count). The molecule has 0 atom stereocenters. The van der Waals surface area contributed by atoms with E-state index < -0.39 is 5.91 Å². The quantitative estimate of drug-likeness (QED) is 0.386. The molecule has 1 aromatic heterocycles. The summed E-state index contributed by atoms with van der Waals surface area (Å²) in [4.78, 5) is 24.8. The maximum Gasteiger partial charge on any atom is 0.274 e. The van der Waals surface area contributed by atoms with Gasteiger partial charge in [-0.25, -0.2) is 5.48 Å². The summed E-state index contributed by atoms with van der Waals surface area (Å²) in [6.45, 7) is 0. The fourth-order valence-corrected chi connectivity index (χ4v) is 3.67. The van der Waals surface area contributed by atoms with Crippen molar-refractivity contribution in [1.29, 1.82) is 0 Å². The Bertz CT molecular complexity index is 969. The van der Waals surface area contributed by atoms with Gasteiger partial charge in [0.1, 0.15) is 5.75 Å². The molecule has 150 valence electrons. The molecule has 0 bridgehead atoms. The summed E-state index contributed by atoms with van der Waals surface area (Å²) in [5, 5.41) is 13.5. The van der Waals surface area contributed by atoms with E-state index in [9.17, 15) is 9.59 Å². The summed E-state index contributed by atoms with van der Waals surface area (Å²) in [5.74, 6) is 0.111. The second-order valence-electron chi connectivity index (χ2n) is 6.47. The van der Waals surface area contributed by atoms with Gasteiger partial charge < -0.3 is 10.1 Å². The number of carbonyl (C=O) groups is 2. The normalized spacial score (nSPS) is 10.4. The number of benzene rings is 2. The molecule has 0 fully saturated rings. The van der Waals surface area contributed by atoms with Gasteiger partial charge in [-0.1, -0.05) is 18.2 Å². The number of thiophene rings is 1. The Morgan fingerprint density at radius 2 is 1.90 bits per heavy atom. The van der Waals surface area contributed by atoms with Gasteiger partial charge in [-0.15, -0.1) is 11.3 Å². The number of hydrogen-bond donors (Lipinski definition) is 3. The van der Waals surface area contributed by atoms with Crippen LogP contribution in [0.3, 0.4) is 0 Å². The van der Waals surface area contributed by atoms with E-state index in [-0.39, 0.29) is 5.91 Å². The van der Waals surface area contributed by atoms with Gasteiger partial charge in [0.05, 0.1) is 7.11 Å². The Labute approximate surface area is 173 Å². The molecule has 1 heterocycles. The van der Waals surface area contributed by atoms with Crippen LogP contribution in [0.1, 0.15) is 32.8 Å². The Kier molecular flexibility index (Phi) is 6.99. The third-order valence-corrected chi connectivity index (χ3v) is 5.35. The number of hydrogen-bond acceptors (Lipinski definition) is 5. The predicted molar refractivity (Wildman–Crippen MR) is 113 cm³/mol. The molecule has 29 heavy (non-hydrogen) atoms. The van der Waals surface area contributed by atoms with Crippen molar-refractivity contribution in [2.45, 2.75) is 19.3 Å².